The summed E-state index contributed by atoms with van der Waals surface area (Å²) >= 11 is 0. The molecule has 0 aliphatic heterocycles. The van der Waals surface area contributed by atoms with Crippen molar-refractivity contribution in [3.05, 3.63) is 83.9 Å². The van der Waals surface area contributed by atoms with Gasteiger partial charge in [0, 0.05) is 14.1 Å². The summed E-state index contributed by atoms with van der Waals surface area (Å²) in [6, 6.07) is 14.5. The predicted octanol–water partition coefficient (Wildman–Crippen LogP) is 6.32. The Bertz CT molecular complexity index is 1190. The second kappa shape index (κ2) is 8.62. The van der Waals surface area contributed by atoms with Crippen molar-refractivity contribution in [1.29, 1.82) is 0 Å². The monoisotopic (exact) mass is 488 g/mol. The zero-order valence-electron chi connectivity index (χ0n) is 17.3. The quantitative estimate of drug-likeness (QED) is 0.395. The molecule has 0 unspecified atom stereocenters. The van der Waals surface area contributed by atoms with Gasteiger partial charge in [-0.1, -0.05) is 36.4 Å². The van der Waals surface area contributed by atoms with Crippen LogP contribution in [0.4, 0.5) is 43.4 Å². The molecular formula is C22H18F6N2O2S. The predicted molar refractivity (Wildman–Crippen MR) is 113 cm³/mol. The first-order valence-corrected chi connectivity index (χ1v) is 10.8. The number of alkyl halides is 6. The number of anilines is 3. The van der Waals surface area contributed by atoms with Crippen molar-refractivity contribution in [2.75, 3.05) is 23.3 Å². The maximum atomic E-state index is 13.9. The fourth-order valence-corrected chi connectivity index (χ4v) is 4.83. The Labute approximate surface area is 186 Å². The van der Waals surface area contributed by atoms with Crippen molar-refractivity contribution >= 4 is 27.1 Å². The normalized spacial score (nSPS) is 12.5. The first kappa shape index (κ1) is 24.4. The number of rotatable bonds is 5. The summed E-state index contributed by atoms with van der Waals surface area (Å²) in [5.74, 6) is 0. The van der Waals surface area contributed by atoms with Crippen molar-refractivity contribution in [1.82, 2.24) is 0 Å². The van der Waals surface area contributed by atoms with E-state index in [0.29, 0.717) is 21.3 Å². The molecule has 0 aromatic heterocycles. The Morgan fingerprint density at radius 2 is 1.09 bits per heavy atom. The summed E-state index contributed by atoms with van der Waals surface area (Å²) in [7, 11) is -2.48. The summed E-state index contributed by atoms with van der Waals surface area (Å²) in [5.41, 5.74) is -5.25. The molecule has 11 heteroatoms. The highest BCUT2D eigenvalue weighted by Crippen LogP contribution is 2.47. The molecule has 0 aliphatic carbocycles. The van der Waals surface area contributed by atoms with Gasteiger partial charge in [-0.3, -0.25) is 0 Å². The highest BCUT2D eigenvalue weighted by Gasteiger charge is 2.43. The third-order valence-electron chi connectivity index (χ3n) is 4.66. The minimum absolute atomic E-state index is 0.125. The molecule has 0 saturated heterocycles. The molecular weight excluding hydrogens is 470 g/mol. The van der Waals surface area contributed by atoms with Crippen LogP contribution >= 0.6 is 0 Å². The van der Waals surface area contributed by atoms with Gasteiger partial charge in [-0.25, -0.2) is 12.7 Å². The smallest absolute Gasteiger partial charge is 0.377 e. The summed E-state index contributed by atoms with van der Waals surface area (Å²) < 4.78 is 111. The van der Waals surface area contributed by atoms with E-state index in [1.54, 1.807) is 0 Å². The van der Waals surface area contributed by atoms with Crippen LogP contribution in [0.5, 0.6) is 0 Å². The number of halogens is 6. The van der Waals surface area contributed by atoms with Gasteiger partial charge in [0.2, 0.25) is 0 Å². The molecule has 3 aromatic carbocycles. The van der Waals surface area contributed by atoms with Gasteiger partial charge in [-0.05, 0) is 36.4 Å². The van der Waals surface area contributed by atoms with E-state index in [2.05, 4.69) is 0 Å². The molecule has 3 aromatic rings. The van der Waals surface area contributed by atoms with Crippen LogP contribution in [-0.2, 0) is 22.4 Å². The standard InChI is InChI=1S/C22H18F6N2O2S/c1-29(2)20-18(21(23,24)25)13-16(14-19(20)22(26,27)28)30(15-9-5-3-6-10-15)33(31,32)17-11-7-4-8-12-17/h3-14H,1-2H3. The van der Waals surface area contributed by atoms with Crippen LogP contribution in [0.3, 0.4) is 0 Å². The van der Waals surface area contributed by atoms with Crippen molar-refractivity contribution in [3.8, 4) is 0 Å². The van der Waals surface area contributed by atoms with Gasteiger partial charge in [0.15, 0.2) is 0 Å². The molecule has 0 aliphatic rings. The first-order valence-electron chi connectivity index (χ1n) is 9.40. The number of hydrogen-bond acceptors (Lipinski definition) is 3. The SMILES string of the molecule is CN(C)c1c(C(F)(F)F)cc(N(c2ccccc2)S(=O)(=O)c2ccccc2)cc1C(F)(F)F. The average Bonchev–Trinajstić information content (AvgIpc) is 2.73. The highest BCUT2D eigenvalue weighted by atomic mass is 32.2. The van der Waals surface area contributed by atoms with E-state index in [9.17, 15) is 34.8 Å². The van der Waals surface area contributed by atoms with E-state index >= 15 is 0 Å². The van der Waals surface area contributed by atoms with Crippen molar-refractivity contribution in [2.24, 2.45) is 0 Å². The molecule has 0 spiro atoms. The molecule has 0 radical (unpaired) electrons. The maximum absolute atomic E-state index is 13.9. The Morgan fingerprint density at radius 3 is 1.48 bits per heavy atom. The van der Waals surface area contributed by atoms with Crippen molar-refractivity contribution in [3.63, 3.8) is 0 Å². The van der Waals surface area contributed by atoms with E-state index in [1.165, 1.54) is 60.7 Å². The van der Waals surface area contributed by atoms with Crippen LogP contribution in [0, 0.1) is 0 Å². The molecule has 176 valence electrons. The molecule has 0 heterocycles. The lowest BCUT2D eigenvalue weighted by atomic mass is 10.0. The van der Waals surface area contributed by atoms with Gasteiger partial charge in [0.1, 0.15) is 0 Å². The zero-order valence-corrected chi connectivity index (χ0v) is 18.1. The van der Waals surface area contributed by atoms with Crippen molar-refractivity contribution < 1.29 is 34.8 Å². The maximum Gasteiger partial charge on any atom is 0.418 e. The average molecular weight is 488 g/mol. The van der Waals surface area contributed by atoms with E-state index in [4.69, 9.17) is 0 Å². The number of hydrogen-bond donors (Lipinski definition) is 0. The molecule has 3 rings (SSSR count). The van der Waals surface area contributed by atoms with E-state index in [-0.39, 0.29) is 10.6 Å². The molecule has 0 amide bonds. The molecule has 0 fully saturated rings. The summed E-state index contributed by atoms with van der Waals surface area (Å²) in [5, 5.41) is 0. The lowest BCUT2D eigenvalue weighted by Gasteiger charge is -2.29. The van der Waals surface area contributed by atoms with Crippen LogP contribution in [-0.4, -0.2) is 22.5 Å². The first-order chi connectivity index (χ1) is 15.2. The fourth-order valence-electron chi connectivity index (χ4n) is 3.34. The lowest BCUT2D eigenvalue weighted by Crippen LogP contribution is -2.28. The largest absolute Gasteiger partial charge is 0.418 e. The number of benzene rings is 3. The molecule has 0 N–H and O–H groups in total. The number of nitrogens with zero attached hydrogens (tertiary/aromatic N) is 2. The Hall–Kier alpha value is -3.21. The third-order valence-corrected chi connectivity index (χ3v) is 6.43. The minimum atomic E-state index is -5.19. The van der Waals surface area contributed by atoms with Gasteiger partial charge in [-0.15, -0.1) is 0 Å². The van der Waals surface area contributed by atoms with Gasteiger partial charge < -0.3 is 4.90 Å². The minimum Gasteiger partial charge on any atom is -0.377 e. The Kier molecular flexibility index (Phi) is 6.38. The number of sulfonamides is 1. The second-order valence-corrected chi connectivity index (χ2v) is 8.98. The van der Waals surface area contributed by atoms with Gasteiger partial charge in [0.25, 0.3) is 10.0 Å². The molecule has 0 saturated carbocycles. The fraction of sp³-hybridized carbons (Fsp3) is 0.182. The van der Waals surface area contributed by atoms with Crippen LogP contribution < -0.4 is 9.21 Å². The molecule has 33 heavy (non-hydrogen) atoms. The third kappa shape index (κ3) is 4.92. The molecule has 4 nitrogen and oxygen atoms in total. The van der Waals surface area contributed by atoms with Gasteiger partial charge in [0.05, 0.1) is 33.1 Å². The summed E-state index contributed by atoms with van der Waals surface area (Å²) in [4.78, 5) is 0.404. The van der Waals surface area contributed by atoms with E-state index in [0.717, 1.165) is 14.1 Å². The summed E-state index contributed by atoms with van der Waals surface area (Å²) in [6.45, 7) is 0. The van der Waals surface area contributed by atoms with E-state index in [1.807, 2.05) is 0 Å². The Morgan fingerprint density at radius 1 is 0.667 bits per heavy atom. The molecule has 0 atom stereocenters. The Balaban J connectivity index is 2.43. The highest BCUT2D eigenvalue weighted by molar-refractivity contribution is 7.93. The van der Waals surface area contributed by atoms with Crippen LogP contribution in [0.1, 0.15) is 11.1 Å². The zero-order chi connectivity index (χ0) is 24.6. The van der Waals surface area contributed by atoms with E-state index < -0.39 is 44.9 Å². The molecule has 0 bridgehead atoms. The second-order valence-electron chi connectivity index (χ2n) is 7.20. The topological polar surface area (TPSA) is 40.6 Å². The van der Waals surface area contributed by atoms with Crippen LogP contribution in [0.2, 0.25) is 0 Å². The summed E-state index contributed by atoms with van der Waals surface area (Å²) in [6.07, 6.45) is -10.4. The number of para-hydroxylation sites is 1. The van der Waals surface area contributed by atoms with Crippen molar-refractivity contribution in [2.45, 2.75) is 17.2 Å². The van der Waals surface area contributed by atoms with Gasteiger partial charge in [-0.2, -0.15) is 26.3 Å². The lowest BCUT2D eigenvalue weighted by molar-refractivity contribution is -0.142. The van der Waals surface area contributed by atoms with Crippen LogP contribution in [0.25, 0.3) is 0 Å². The van der Waals surface area contributed by atoms with Crippen LogP contribution in [0.15, 0.2) is 77.7 Å². The van der Waals surface area contributed by atoms with Gasteiger partial charge >= 0.3 is 12.4 Å².